The van der Waals surface area contributed by atoms with Gasteiger partial charge in [0.1, 0.15) is 6.61 Å². The van der Waals surface area contributed by atoms with E-state index in [1.165, 1.54) is 5.56 Å². The van der Waals surface area contributed by atoms with Crippen molar-refractivity contribution in [3.05, 3.63) is 35.9 Å². The van der Waals surface area contributed by atoms with Crippen molar-refractivity contribution in [1.82, 2.24) is 15.5 Å². The first-order valence-electron chi connectivity index (χ1n) is 11.2. The highest BCUT2D eigenvalue weighted by molar-refractivity contribution is 5.80. The second-order valence-electron chi connectivity index (χ2n) is 8.71. The van der Waals surface area contributed by atoms with E-state index in [4.69, 9.17) is 9.47 Å². The van der Waals surface area contributed by atoms with E-state index in [0.29, 0.717) is 38.6 Å². The van der Waals surface area contributed by atoms with E-state index in [2.05, 4.69) is 41.0 Å². The fourth-order valence-corrected chi connectivity index (χ4v) is 5.19. The van der Waals surface area contributed by atoms with E-state index in [1.807, 2.05) is 11.8 Å². The molecule has 3 fully saturated rings. The molecule has 2 N–H and O–H groups in total. The van der Waals surface area contributed by atoms with Crippen molar-refractivity contribution in [2.75, 3.05) is 32.9 Å². The van der Waals surface area contributed by atoms with Crippen molar-refractivity contribution >= 4 is 11.9 Å². The molecule has 3 aliphatic rings. The molecule has 1 saturated carbocycles. The summed E-state index contributed by atoms with van der Waals surface area (Å²) >= 11 is 0. The van der Waals surface area contributed by atoms with Gasteiger partial charge in [-0.25, -0.2) is 4.79 Å². The summed E-state index contributed by atoms with van der Waals surface area (Å²) in [7, 11) is 0. The first-order chi connectivity index (χ1) is 14.6. The molecule has 2 saturated heterocycles. The average Bonchev–Trinajstić information content (AvgIpc) is 3.10. The van der Waals surface area contributed by atoms with E-state index >= 15 is 0 Å². The van der Waals surface area contributed by atoms with Crippen molar-refractivity contribution in [3.63, 3.8) is 0 Å². The summed E-state index contributed by atoms with van der Waals surface area (Å²) < 4.78 is 11.9. The normalized spacial score (nSPS) is 31.6. The fourth-order valence-electron chi connectivity index (χ4n) is 5.19. The summed E-state index contributed by atoms with van der Waals surface area (Å²) in [6, 6.07) is 10.4. The van der Waals surface area contributed by atoms with Crippen LogP contribution in [0, 0.1) is 0 Å². The van der Waals surface area contributed by atoms with Crippen LogP contribution in [0.25, 0.3) is 0 Å². The van der Waals surface area contributed by atoms with Crippen LogP contribution in [-0.4, -0.2) is 67.4 Å². The number of morpholine rings is 1. The molecule has 30 heavy (non-hydrogen) atoms. The van der Waals surface area contributed by atoms with Gasteiger partial charge < -0.3 is 25.0 Å². The average molecular weight is 416 g/mol. The summed E-state index contributed by atoms with van der Waals surface area (Å²) in [6.45, 7) is 3.99. The molecule has 1 spiro atoms. The van der Waals surface area contributed by atoms with E-state index in [1.54, 1.807) is 0 Å². The van der Waals surface area contributed by atoms with Crippen LogP contribution in [0.3, 0.4) is 0 Å². The Morgan fingerprint density at radius 2 is 2.03 bits per heavy atom. The topological polar surface area (TPSA) is 79.9 Å². The van der Waals surface area contributed by atoms with Gasteiger partial charge in [0.05, 0.1) is 30.9 Å². The van der Waals surface area contributed by atoms with Gasteiger partial charge in [0.15, 0.2) is 0 Å². The van der Waals surface area contributed by atoms with Crippen LogP contribution < -0.4 is 10.6 Å². The number of likely N-dealkylation sites (tertiary alicyclic amines) is 1. The monoisotopic (exact) mass is 415 g/mol. The van der Waals surface area contributed by atoms with Gasteiger partial charge in [0, 0.05) is 13.1 Å². The number of rotatable bonds is 5. The van der Waals surface area contributed by atoms with Gasteiger partial charge in [-0.05, 0) is 50.5 Å². The van der Waals surface area contributed by atoms with Crippen LogP contribution in [0.1, 0.15) is 50.5 Å². The second kappa shape index (κ2) is 9.35. The summed E-state index contributed by atoms with van der Waals surface area (Å²) in [5.41, 5.74) is 0.858. The number of hydrogen-bond acceptors (Lipinski definition) is 4. The number of benzene rings is 1. The van der Waals surface area contributed by atoms with Crippen molar-refractivity contribution < 1.29 is 19.1 Å². The van der Waals surface area contributed by atoms with E-state index in [0.717, 1.165) is 25.7 Å². The van der Waals surface area contributed by atoms with Gasteiger partial charge in [0.25, 0.3) is 0 Å². The highest BCUT2D eigenvalue weighted by Gasteiger charge is 2.52. The summed E-state index contributed by atoms with van der Waals surface area (Å²) in [6.07, 6.45) is 5.14. The van der Waals surface area contributed by atoms with Crippen LogP contribution in [0.2, 0.25) is 0 Å². The minimum atomic E-state index is -0.554. The molecule has 0 bridgehead atoms. The molecule has 2 heterocycles. The predicted molar refractivity (Wildman–Crippen MR) is 113 cm³/mol. The quantitative estimate of drug-likeness (QED) is 0.774. The summed E-state index contributed by atoms with van der Waals surface area (Å²) in [5.74, 6) is 0.481. The van der Waals surface area contributed by atoms with Crippen LogP contribution in [0.5, 0.6) is 0 Å². The molecule has 1 aromatic rings. The molecule has 2 aliphatic heterocycles. The molecule has 7 nitrogen and oxygen atoms in total. The highest BCUT2D eigenvalue weighted by Crippen LogP contribution is 2.36. The van der Waals surface area contributed by atoms with Crippen LogP contribution >= 0.6 is 0 Å². The molecule has 1 aliphatic carbocycles. The number of carbonyl (C=O) groups excluding carboxylic acids is 2. The fraction of sp³-hybridized carbons (Fsp3) is 0.652. The third-order valence-corrected chi connectivity index (χ3v) is 6.82. The predicted octanol–water partition coefficient (Wildman–Crippen LogP) is 2.42. The number of carbonyl (C=O) groups is 2. The standard InChI is InChI=1S/C23H33N3O4/c1-2-24-22(28)26-13-12-23(16-29-15-21(27)25-23)20(26)14-30-19-10-8-18(9-11-19)17-6-4-3-5-7-17/h3-7,18-20H,2,8-16H2,1H3,(H,24,28)(H,25,27). The molecule has 0 aromatic heterocycles. The lowest BCUT2D eigenvalue weighted by Gasteiger charge is -2.41. The van der Waals surface area contributed by atoms with Gasteiger partial charge >= 0.3 is 6.03 Å². The van der Waals surface area contributed by atoms with Crippen molar-refractivity contribution in [3.8, 4) is 0 Å². The van der Waals surface area contributed by atoms with Crippen LogP contribution in [0.4, 0.5) is 4.79 Å². The zero-order chi connectivity index (χ0) is 21.0. The lowest BCUT2D eigenvalue weighted by Crippen LogP contribution is -2.65. The smallest absolute Gasteiger partial charge is 0.317 e. The molecule has 0 radical (unpaired) electrons. The van der Waals surface area contributed by atoms with E-state index in [-0.39, 0.29) is 30.7 Å². The van der Waals surface area contributed by atoms with Gasteiger partial charge in [-0.3, -0.25) is 4.79 Å². The second-order valence-corrected chi connectivity index (χ2v) is 8.71. The Morgan fingerprint density at radius 1 is 1.27 bits per heavy atom. The third kappa shape index (κ3) is 4.47. The molecule has 2 atom stereocenters. The Balaban J connectivity index is 1.38. The van der Waals surface area contributed by atoms with Crippen molar-refractivity contribution in [1.29, 1.82) is 0 Å². The minimum Gasteiger partial charge on any atom is -0.376 e. The number of hydrogen-bond donors (Lipinski definition) is 2. The maximum absolute atomic E-state index is 12.6. The summed E-state index contributed by atoms with van der Waals surface area (Å²) in [5, 5.41) is 6.01. The number of ether oxygens (including phenoxy) is 2. The number of nitrogens with zero attached hydrogens (tertiary/aromatic N) is 1. The highest BCUT2D eigenvalue weighted by atomic mass is 16.5. The molecular formula is C23H33N3O4. The van der Waals surface area contributed by atoms with Crippen molar-refractivity contribution in [2.24, 2.45) is 0 Å². The third-order valence-electron chi connectivity index (χ3n) is 6.82. The van der Waals surface area contributed by atoms with Crippen LogP contribution in [0.15, 0.2) is 30.3 Å². The largest absolute Gasteiger partial charge is 0.376 e. The van der Waals surface area contributed by atoms with Gasteiger partial charge in [-0.2, -0.15) is 0 Å². The van der Waals surface area contributed by atoms with Gasteiger partial charge in [0.2, 0.25) is 5.91 Å². The van der Waals surface area contributed by atoms with E-state index < -0.39 is 5.54 Å². The Bertz CT molecular complexity index is 735. The maximum atomic E-state index is 12.6. The minimum absolute atomic E-state index is 0.0833. The Labute approximate surface area is 178 Å². The van der Waals surface area contributed by atoms with Gasteiger partial charge in [-0.15, -0.1) is 0 Å². The maximum Gasteiger partial charge on any atom is 0.317 e. The molecule has 3 amide bonds. The van der Waals surface area contributed by atoms with Crippen molar-refractivity contribution in [2.45, 2.75) is 62.6 Å². The van der Waals surface area contributed by atoms with E-state index in [9.17, 15) is 9.59 Å². The molecule has 164 valence electrons. The summed E-state index contributed by atoms with van der Waals surface area (Å²) in [4.78, 5) is 26.5. The Hall–Kier alpha value is -2.12. The molecule has 7 heteroatoms. The molecular weight excluding hydrogens is 382 g/mol. The Morgan fingerprint density at radius 3 is 2.73 bits per heavy atom. The van der Waals surface area contributed by atoms with Gasteiger partial charge in [-0.1, -0.05) is 30.3 Å². The zero-order valence-corrected chi connectivity index (χ0v) is 17.8. The molecule has 1 aromatic carbocycles. The molecule has 4 rings (SSSR count). The Kier molecular flexibility index (Phi) is 6.58. The SMILES string of the molecule is CCNC(=O)N1CCC2(COCC(=O)N2)C1COC1CCC(c2ccccc2)CC1. The first-order valence-corrected chi connectivity index (χ1v) is 11.2. The lowest BCUT2D eigenvalue weighted by molar-refractivity contribution is -0.137. The number of nitrogens with one attached hydrogen (secondary N) is 2. The first kappa shape index (κ1) is 21.1. The lowest BCUT2D eigenvalue weighted by atomic mass is 9.82. The number of urea groups is 1. The number of amides is 3. The molecule has 2 unspecified atom stereocenters. The van der Waals surface area contributed by atoms with Crippen LogP contribution in [-0.2, 0) is 14.3 Å². The zero-order valence-electron chi connectivity index (χ0n) is 17.8.